The molecule has 0 aliphatic carbocycles. The first-order valence-electron chi connectivity index (χ1n) is 4.11. The maximum absolute atomic E-state index is 11.1. The molecule has 0 saturated heterocycles. The summed E-state index contributed by atoms with van der Waals surface area (Å²) >= 11 is 3.43. The van der Waals surface area contributed by atoms with Gasteiger partial charge in [0.05, 0.1) is 0 Å². The molecule has 0 aliphatic rings. The normalized spacial score (nSPS) is 7.80. The Kier molecular flexibility index (Phi) is 30.0. The van der Waals surface area contributed by atoms with Gasteiger partial charge in [0.15, 0.2) is 0 Å². The van der Waals surface area contributed by atoms with E-state index in [4.69, 9.17) is 18.7 Å². The van der Waals surface area contributed by atoms with Crippen LogP contribution in [-0.2, 0) is 53.3 Å². The molecular weight excluding hydrogens is 316 g/mol. The summed E-state index contributed by atoms with van der Waals surface area (Å²) in [5.74, 6) is -1.38. The first kappa shape index (κ1) is 26.7. The molecule has 0 unspecified atom stereocenters. The summed E-state index contributed by atoms with van der Waals surface area (Å²) in [5.41, 5.74) is -0.0677. The van der Waals surface area contributed by atoms with Gasteiger partial charge in [0.2, 0.25) is 0 Å². The minimum atomic E-state index is -0.706. The van der Waals surface area contributed by atoms with Crippen molar-refractivity contribution in [2.75, 3.05) is 21.3 Å². The third-order valence-corrected chi connectivity index (χ3v) is 1.77. The molecule has 0 aliphatic heterocycles. The maximum atomic E-state index is 11.1. The van der Waals surface area contributed by atoms with Crippen molar-refractivity contribution in [2.45, 2.75) is 0 Å². The van der Waals surface area contributed by atoms with Crippen molar-refractivity contribution in [3.63, 3.8) is 0 Å². The Balaban J connectivity index is -0.000000187. The molecule has 0 aromatic carbocycles. The summed E-state index contributed by atoms with van der Waals surface area (Å²) in [7, 11) is 3.72. The van der Waals surface area contributed by atoms with Crippen LogP contribution in [0.4, 0.5) is 0 Å². The monoisotopic (exact) mass is 326 g/mol. The van der Waals surface area contributed by atoms with Gasteiger partial charge in [-0.1, -0.05) is 0 Å². The Hall–Kier alpha value is -1.75. The topological polar surface area (TPSA) is 122 Å². The molecular formula is C11H10FeO8. The second-order valence-corrected chi connectivity index (χ2v) is 2.54. The van der Waals surface area contributed by atoms with E-state index in [9.17, 15) is 9.59 Å². The molecule has 0 saturated carbocycles. The van der Waals surface area contributed by atoms with Crippen molar-refractivity contribution in [1.29, 1.82) is 0 Å². The Morgan fingerprint density at radius 3 is 1.55 bits per heavy atom. The van der Waals surface area contributed by atoms with Crippen molar-refractivity contribution < 1.29 is 53.3 Å². The van der Waals surface area contributed by atoms with E-state index in [1.54, 1.807) is 0 Å². The Bertz CT molecular complexity index is 359. The van der Waals surface area contributed by atoms with Crippen LogP contribution in [0.15, 0.2) is 11.6 Å². The summed E-state index contributed by atoms with van der Waals surface area (Å²) < 4.78 is 36.0. The third kappa shape index (κ3) is 14.3. The van der Waals surface area contributed by atoms with Crippen LogP contribution >= 0.6 is 0 Å². The summed E-state index contributed by atoms with van der Waals surface area (Å²) in [6, 6.07) is 0. The predicted octanol–water partition coefficient (Wildman–Crippen LogP) is -0.531. The van der Waals surface area contributed by atoms with Crippen LogP contribution in [0, 0.1) is 20.0 Å². The van der Waals surface area contributed by atoms with E-state index in [0.717, 1.165) is 6.08 Å². The van der Waals surface area contributed by atoms with Gasteiger partial charge in [0.25, 0.3) is 0 Å². The molecule has 0 rings (SSSR count). The third-order valence-electron chi connectivity index (χ3n) is 1.25. The minimum absolute atomic E-state index is 0.0438. The zero-order valence-corrected chi connectivity index (χ0v) is 11.8. The standard InChI is InChI=1S/C8H10O5.3CO.Fe/c1-11-5-6(8(10)13-3)4-7(9)12-2;3*1-2;/h4H,1-3H3;;;;/b6-4+;;;;. The summed E-state index contributed by atoms with van der Waals surface area (Å²) in [5, 5.41) is 0. The summed E-state index contributed by atoms with van der Waals surface area (Å²) in [6.07, 6.45) is 0.956. The van der Waals surface area contributed by atoms with Gasteiger partial charge in [-0.05, 0) is 0 Å². The molecule has 8 nitrogen and oxygen atoms in total. The molecule has 0 aromatic rings. The van der Waals surface area contributed by atoms with Crippen LogP contribution < -0.4 is 0 Å². The number of hydrogen-bond donors (Lipinski definition) is 0. The number of carbonyl (C=O) groups is 2. The van der Waals surface area contributed by atoms with E-state index in [2.05, 4.69) is 45.0 Å². The van der Waals surface area contributed by atoms with Gasteiger partial charge in [-0.25, -0.2) is 0 Å². The molecule has 110 valence electrons. The fraction of sp³-hybridized carbons (Fsp3) is 0.273. The van der Waals surface area contributed by atoms with Crippen molar-refractivity contribution in [1.82, 2.24) is 0 Å². The number of esters is 2. The van der Waals surface area contributed by atoms with Crippen LogP contribution in [0.1, 0.15) is 0 Å². The van der Waals surface area contributed by atoms with Gasteiger partial charge in [-0.15, -0.1) is 0 Å². The van der Waals surface area contributed by atoms with Crippen molar-refractivity contribution >= 4 is 16.5 Å². The van der Waals surface area contributed by atoms with Gasteiger partial charge in [-0.2, -0.15) is 0 Å². The molecule has 0 heterocycles. The number of methoxy groups -OCH3 is 3. The van der Waals surface area contributed by atoms with Crippen molar-refractivity contribution in [2.24, 2.45) is 0 Å². The molecule has 20 heavy (non-hydrogen) atoms. The molecule has 0 bridgehead atoms. The molecule has 0 fully saturated rings. The fourth-order valence-electron chi connectivity index (χ4n) is 0.588. The van der Waals surface area contributed by atoms with E-state index in [1.807, 2.05) is 0 Å². The van der Waals surface area contributed by atoms with Gasteiger partial charge in [-0.3, -0.25) is 0 Å². The Morgan fingerprint density at radius 1 is 0.900 bits per heavy atom. The first-order valence-corrected chi connectivity index (χ1v) is 4.66. The zero-order valence-electron chi connectivity index (χ0n) is 10.7. The first-order chi connectivity index (χ1) is 9.56. The molecule has 0 atom stereocenters. The van der Waals surface area contributed by atoms with Crippen LogP contribution in [-0.4, -0.2) is 37.9 Å². The van der Waals surface area contributed by atoms with Crippen LogP contribution in [0.5, 0.6) is 0 Å². The van der Waals surface area contributed by atoms with Crippen molar-refractivity contribution in [3.05, 3.63) is 31.6 Å². The molecule has 0 radical (unpaired) electrons. The number of ether oxygens (including phenoxy) is 3. The van der Waals surface area contributed by atoms with Crippen LogP contribution in [0.25, 0.3) is 0 Å². The van der Waals surface area contributed by atoms with Gasteiger partial charge in [0.1, 0.15) is 0 Å². The van der Waals surface area contributed by atoms with E-state index in [-0.39, 0.29) is 10.2 Å². The number of rotatable bonds is 4. The Morgan fingerprint density at radius 2 is 1.30 bits per heavy atom. The van der Waals surface area contributed by atoms with Gasteiger partial charge >= 0.3 is 123 Å². The summed E-state index contributed by atoms with van der Waals surface area (Å²) in [4.78, 5) is 22.0. The fourth-order valence-corrected chi connectivity index (χ4v) is 0.781. The van der Waals surface area contributed by atoms with Gasteiger partial charge in [0, 0.05) is 0 Å². The zero-order chi connectivity index (χ0) is 17.1. The molecule has 0 aromatic heterocycles. The van der Waals surface area contributed by atoms with E-state index in [1.165, 1.54) is 21.3 Å². The number of carbonyl (C=O) groups excluding carboxylic acids is 2. The van der Waals surface area contributed by atoms with Gasteiger partial charge < -0.3 is 0 Å². The van der Waals surface area contributed by atoms with E-state index < -0.39 is 11.9 Å². The van der Waals surface area contributed by atoms with Crippen molar-refractivity contribution in [3.8, 4) is 0 Å². The second-order valence-electron chi connectivity index (χ2n) is 2.04. The average molecular weight is 326 g/mol. The molecule has 0 amide bonds. The average Bonchev–Trinajstić information content (AvgIpc) is 2.56. The predicted molar refractivity (Wildman–Crippen MR) is 55.9 cm³/mol. The van der Waals surface area contributed by atoms with E-state index in [0.29, 0.717) is 0 Å². The molecule has 9 heteroatoms. The van der Waals surface area contributed by atoms with E-state index >= 15 is 0 Å². The SMILES string of the molecule is COC(=O)/C=C(/C(=O)OC)[C](=[Fe])OC.[C-]#[O+].[C-]#[O+].[C-]#[O+]. The number of hydrogen-bond acceptors (Lipinski definition) is 5. The van der Waals surface area contributed by atoms with Crippen LogP contribution in [0.3, 0.4) is 0 Å². The molecule has 0 N–H and O–H groups in total. The second kappa shape index (κ2) is 22.4. The quantitative estimate of drug-likeness (QED) is 0.226. The molecule has 0 spiro atoms. The summed E-state index contributed by atoms with van der Waals surface area (Å²) in [6.45, 7) is 13.5. The van der Waals surface area contributed by atoms with Crippen LogP contribution in [0.2, 0.25) is 0 Å². The Labute approximate surface area is 123 Å².